The number of nitrogens with zero attached hydrogens (tertiary/aromatic N) is 1. The zero-order valence-corrected chi connectivity index (χ0v) is 14.3. The van der Waals surface area contributed by atoms with Crippen LogP contribution in [-0.2, 0) is 11.3 Å². The van der Waals surface area contributed by atoms with Crippen LogP contribution in [0.15, 0.2) is 18.2 Å². The monoisotopic (exact) mass is 327 g/mol. The van der Waals surface area contributed by atoms with Crippen LogP contribution in [0.25, 0.3) is 0 Å². The van der Waals surface area contributed by atoms with Crippen LogP contribution in [0.5, 0.6) is 11.5 Å². The van der Waals surface area contributed by atoms with Gasteiger partial charge in [-0.3, -0.25) is 4.79 Å². The molecule has 0 aromatic heterocycles. The molecule has 3 fully saturated rings. The molecule has 0 unspecified atom stereocenters. The molecule has 1 aromatic carbocycles. The molecule has 128 valence electrons. The molecule has 4 nitrogen and oxygen atoms in total. The highest BCUT2D eigenvalue weighted by Crippen LogP contribution is 2.76. The second kappa shape index (κ2) is 5.14. The number of fused-ring (bicyclic) bond motifs is 2. The number of hydrogen-bond acceptors (Lipinski definition) is 3. The van der Waals surface area contributed by atoms with Crippen molar-refractivity contribution in [1.29, 1.82) is 0 Å². The van der Waals surface area contributed by atoms with Crippen molar-refractivity contribution >= 4 is 5.91 Å². The Morgan fingerprint density at radius 3 is 2.58 bits per heavy atom. The zero-order valence-electron chi connectivity index (χ0n) is 14.3. The topological polar surface area (TPSA) is 38.8 Å². The molecular formula is C20H25NO3. The fourth-order valence-corrected chi connectivity index (χ4v) is 4.49. The van der Waals surface area contributed by atoms with Gasteiger partial charge in [0.15, 0.2) is 11.5 Å². The SMILES string of the molecule is CC1CCC(N(Cc2ccc3c(c2)OCO3)C(=O)C23CC2C3)CC1. The summed E-state index contributed by atoms with van der Waals surface area (Å²) in [7, 11) is 0. The first-order chi connectivity index (χ1) is 11.7. The summed E-state index contributed by atoms with van der Waals surface area (Å²) in [5.41, 5.74) is 1.21. The Morgan fingerprint density at radius 2 is 1.88 bits per heavy atom. The number of benzene rings is 1. The van der Waals surface area contributed by atoms with E-state index >= 15 is 0 Å². The van der Waals surface area contributed by atoms with Gasteiger partial charge in [0, 0.05) is 12.6 Å². The molecule has 0 atom stereocenters. The zero-order chi connectivity index (χ0) is 16.3. The third-order valence-electron chi connectivity index (χ3n) is 6.59. The van der Waals surface area contributed by atoms with Gasteiger partial charge in [-0.1, -0.05) is 13.0 Å². The van der Waals surface area contributed by atoms with Crippen LogP contribution >= 0.6 is 0 Å². The molecule has 4 heteroatoms. The second-order valence-electron chi connectivity index (χ2n) is 8.30. The molecule has 3 aliphatic carbocycles. The fraction of sp³-hybridized carbons (Fsp3) is 0.650. The van der Waals surface area contributed by atoms with E-state index < -0.39 is 0 Å². The second-order valence-corrected chi connectivity index (χ2v) is 8.30. The van der Waals surface area contributed by atoms with Crippen molar-refractivity contribution in [2.75, 3.05) is 6.79 Å². The van der Waals surface area contributed by atoms with Crippen LogP contribution in [0.4, 0.5) is 0 Å². The Balaban J connectivity index is 1.37. The summed E-state index contributed by atoms with van der Waals surface area (Å²) in [5.74, 6) is 3.55. The first kappa shape index (κ1) is 14.6. The Kier molecular flexibility index (Phi) is 3.13. The third-order valence-corrected chi connectivity index (χ3v) is 6.59. The third kappa shape index (κ3) is 2.30. The molecule has 1 amide bonds. The highest BCUT2D eigenvalue weighted by molar-refractivity contribution is 5.90. The minimum Gasteiger partial charge on any atom is -0.454 e. The van der Waals surface area contributed by atoms with E-state index in [1.807, 2.05) is 12.1 Å². The van der Waals surface area contributed by atoms with Gasteiger partial charge in [0.1, 0.15) is 0 Å². The molecule has 0 N–H and O–H groups in total. The lowest BCUT2D eigenvalue weighted by molar-refractivity contribution is -0.138. The van der Waals surface area contributed by atoms with Gasteiger partial charge in [-0.2, -0.15) is 0 Å². The maximum Gasteiger partial charge on any atom is 0.231 e. The summed E-state index contributed by atoms with van der Waals surface area (Å²) in [5, 5.41) is 0. The van der Waals surface area contributed by atoms with E-state index in [-0.39, 0.29) is 5.41 Å². The van der Waals surface area contributed by atoms with E-state index in [1.165, 1.54) is 12.8 Å². The molecular weight excluding hydrogens is 302 g/mol. The molecule has 0 radical (unpaired) electrons. The number of ether oxygens (including phenoxy) is 2. The van der Waals surface area contributed by atoms with Crippen molar-refractivity contribution in [2.24, 2.45) is 17.3 Å². The van der Waals surface area contributed by atoms with Crippen LogP contribution in [0.1, 0.15) is 51.0 Å². The van der Waals surface area contributed by atoms with Gasteiger partial charge >= 0.3 is 0 Å². The molecule has 0 spiro atoms. The molecule has 0 bridgehead atoms. The summed E-state index contributed by atoms with van der Waals surface area (Å²) < 4.78 is 10.9. The van der Waals surface area contributed by atoms with Crippen molar-refractivity contribution in [3.05, 3.63) is 23.8 Å². The van der Waals surface area contributed by atoms with Gasteiger partial charge in [-0.05, 0) is 68.1 Å². The van der Waals surface area contributed by atoms with Gasteiger partial charge in [0.2, 0.25) is 12.7 Å². The fourth-order valence-electron chi connectivity index (χ4n) is 4.49. The van der Waals surface area contributed by atoms with Gasteiger partial charge in [-0.25, -0.2) is 0 Å². The Labute approximate surface area is 143 Å². The Hall–Kier alpha value is -1.71. The lowest BCUT2D eigenvalue weighted by atomic mass is 9.86. The Bertz CT molecular complexity index is 671. The first-order valence-electron chi connectivity index (χ1n) is 9.35. The molecule has 1 heterocycles. The van der Waals surface area contributed by atoms with E-state index in [4.69, 9.17) is 9.47 Å². The maximum atomic E-state index is 13.2. The highest BCUT2D eigenvalue weighted by atomic mass is 16.7. The van der Waals surface area contributed by atoms with Crippen LogP contribution in [0.2, 0.25) is 0 Å². The lowest BCUT2D eigenvalue weighted by Gasteiger charge is -2.37. The minimum absolute atomic E-state index is 0.0550. The smallest absolute Gasteiger partial charge is 0.231 e. The number of carbonyl (C=O) groups excluding carboxylic acids is 1. The summed E-state index contributed by atoms with van der Waals surface area (Å²) in [4.78, 5) is 15.4. The summed E-state index contributed by atoms with van der Waals surface area (Å²) in [6.07, 6.45) is 7.05. The van der Waals surface area contributed by atoms with E-state index in [1.54, 1.807) is 0 Å². The summed E-state index contributed by atoms with van der Waals surface area (Å²) in [6.45, 7) is 3.34. The van der Waals surface area contributed by atoms with Gasteiger partial charge < -0.3 is 14.4 Å². The molecule has 0 saturated heterocycles. The van der Waals surface area contributed by atoms with Gasteiger partial charge in [-0.15, -0.1) is 0 Å². The highest BCUT2D eigenvalue weighted by Gasteiger charge is 2.75. The van der Waals surface area contributed by atoms with E-state index in [0.717, 1.165) is 48.7 Å². The average Bonchev–Trinajstić information content (AvgIpc) is 3.40. The van der Waals surface area contributed by atoms with Crippen LogP contribution < -0.4 is 9.47 Å². The quantitative estimate of drug-likeness (QED) is 0.846. The van der Waals surface area contributed by atoms with Crippen molar-refractivity contribution in [3.63, 3.8) is 0 Å². The standard InChI is InChI=1S/C20H25NO3/c1-13-2-5-16(6-3-13)21(19(22)20-9-15(20)10-20)11-14-4-7-17-18(8-14)24-12-23-17/h4,7-8,13,15-16H,2-3,5-6,9-12H2,1H3. The first-order valence-corrected chi connectivity index (χ1v) is 9.35. The number of carbonyl (C=O) groups is 1. The van der Waals surface area contributed by atoms with Crippen molar-refractivity contribution < 1.29 is 14.3 Å². The van der Waals surface area contributed by atoms with Gasteiger partial charge in [0.25, 0.3) is 0 Å². The lowest BCUT2D eigenvalue weighted by Crippen LogP contribution is -2.43. The number of hydrogen-bond donors (Lipinski definition) is 0. The molecule has 1 aromatic rings. The number of amides is 1. The predicted octanol–water partition coefficient (Wildman–Crippen LogP) is 3.73. The largest absolute Gasteiger partial charge is 0.454 e. The van der Waals surface area contributed by atoms with Crippen LogP contribution in [0, 0.1) is 17.3 Å². The van der Waals surface area contributed by atoms with E-state index in [2.05, 4.69) is 17.9 Å². The maximum absolute atomic E-state index is 13.2. The van der Waals surface area contributed by atoms with Gasteiger partial charge in [0.05, 0.1) is 5.41 Å². The summed E-state index contributed by atoms with van der Waals surface area (Å²) in [6, 6.07) is 6.51. The van der Waals surface area contributed by atoms with E-state index in [9.17, 15) is 4.79 Å². The molecule has 1 aliphatic heterocycles. The minimum atomic E-state index is 0.0550. The molecule has 5 rings (SSSR count). The van der Waals surface area contributed by atoms with Crippen LogP contribution in [0.3, 0.4) is 0 Å². The Morgan fingerprint density at radius 1 is 1.17 bits per heavy atom. The van der Waals surface area contributed by atoms with Crippen molar-refractivity contribution in [2.45, 2.75) is 58.0 Å². The predicted molar refractivity (Wildman–Crippen MR) is 89.7 cm³/mol. The number of rotatable bonds is 4. The normalized spacial score (nSPS) is 35.3. The van der Waals surface area contributed by atoms with Crippen molar-refractivity contribution in [1.82, 2.24) is 4.90 Å². The van der Waals surface area contributed by atoms with Crippen LogP contribution in [-0.4, -0.2) is 23.6 Å². The summed E-state index contributed by atoms with van der Waals surface area (Å²) >= 11 is 0. The van der Waals surface area contributed by atoms with E-state index in [0.29, 0.717) is 31.2 Å². The molecule has 4 aliphatic rings. The molecule has 3 saturated carbocycles. The average molecular weight is 327 g/mol. The van der Waals surface area contributed by atoms with Crippen molar-refractivity contribution in [3.8, 4) is 11.5 Å². The molecule has 24 heavy (non-hydrogen) atoms.